The Kier molecular flexibility index (Phi) is 4.01. The Bertz CT molecular complexity index is 359. The van der Waals surface area contributed by atoms with Gasteiger partial charge < -0.3 is 4.90 Å². The molecule has 0 aromatic rings. The highest BCUT2D eigenvalue weighted by molar-refractivity contribution is 5.28. The van der Waals surface area contributed by atoms with Gasteiger partial charge in [-0.1, -0.05) is 49.5 Å². The van der Waals surface area contributed by atoms with Gasteiger partial charge in [0.05, 0.1) is 0 Å². The summed E-state index contributed by atoms with van der Waals surface area (Å²) in [5.74, 6) is 1.24. The van der Waals surface area contributed by atoms with Crippen LogP contribution in [-0.4, -0.2) is 25.0 Å². The first kappa shape index (κ1) is 12.4. The minimum Gasteiger partial charge on any atom is -0.306 e. The maximum absolute atomic E-state index is 2.36. The van der Waals surface area contributed by atoms with Gasteiger partial charge in [-0.05, 0) is 38.4 Å². The Morgan fingerprint density at radius 1 is 1.29 bits per heavy atom. The van der Waals surface area contributed by atoms with E-state index in [1.165, 1.54) is 12.0 Å². The van der Waals surface area contributed by atoms with E-state index in [0.717, 1.165) is 6.42 Å². The highest BCUT2D eigenvalue weighted by Crippen LogP contribution is 2.28. The van der Waals surface area contributed by atoms with Crippen molar-refractivity contribution in [3.8, 4) is 0 Å². The predicted octanol–water partition coefficient (Wildman–Crippen LogP) is 3.57. The van der Waals surface area contributed by atoms with Crippen molar-refractivity contribution in [3.05, 3.63) is 48.1 Å². The maximum Gasteiger partial charge on any atom is 0.0193 e. The first-order valence-corrected chi connectivity index (χ1v) is 6.56. The summed E-state index contributed by atoms with van der Waals surface area (Å²) in [5, 5.41) is 0. The highest BCUT2D eigenvalue weighted by Gasteiger charge is 2.24. The van der Waals surface area contributed by atoms with Crippen LogP contribution in [0.3, 0.4) is 0 Å². The Morgan fingerprint density at radius 2 is 2.00 bits per heavy atom. The second-order valence-corrected chi connectivity index (χ2v) is 5.36. The molecule has 1 nitrogen and oxygen atoms in total. The summed E-state index contributed by atoms with van der Waals surface area (Å²) < 4.78 is 0. The highest BCUT2D eigenvalue weighted by atomic mass is 15.1. The van der Waals surface area contributed by atoms with Gasteiger partial charge in [-0.2, -0.15) is 0 Å². The molecule has 0 aliphatic heterocycles. The Hall–Kier alpha value is -1.08. The van der Waals surface area contributed by atoms with Crippen LogP contribution >= 0.6 is 0 Å². The fourth-order valence-electron chi connectivity index (χ4n) is 2.76. The molecule has 0 saturated carbocycles. The largest absolute Gasteiger partial charge is 0.306 e. The first-order valence-electron chi connectivity index (χ1n) is 6.56. The van der Waals surface area contributed by atoms with Crippen molar-refractivity contribution in [1.82, 2.24) is 4.90 Å². The Labute approximate surface area is 105 Å². The quantitative estimate of drug-likeness (QED) is 0.696. The minimum atomic E-state index is 0.582. The molecule has 0 fully saturated rings. The molecule has 0 spiro atoms. The zero-order valence-corrected chi connectivity index (χ0v) is 11.1. The van der Waals surface area contributed by atoms with E-state index in [1.807, 2.05) is 0 Å². The zero-order valence-electron chi connectivity index (χ0n) is 11.1. The van der Waals surface area contributed by atoms with Crippen LogP contribution in [0.5, 0.6) is 0 Å². The third-order valence-electron chi connectivity index (χ3n) is 3.85. The van der Waals surface area contributed by atoms with Gasteiger partial charge in [-0.3, -0.25) is 0 Å². The van der Waals surface area contributed by atoms with Gasteiger partial charge in [0.2, 0.25) is 0 Å². The molecule has 2 aliphatic rings. The molecule has 2 atom stereocenters. The van der Waals surface area contributed by atoms with Crippen molar-refractivity contribution in [1.29, 1.82) is 0 Å². The molecule has 92 valence electrons. The van der Waals surface area contributed by atoms with Crippen molar-refractivity contribution < 1.29 is 0 Å². The molecule has 2 rings (SSSR count). The lowest BCUT2D eigenvalue weighted by molar-refractivity contribution is 0.231. The monoisotopic (exact) mass is 229 g/mol. The minimum absolute atomic E-state index is 0.582. The smallest absolute Gasteiger partial charge is 0.0193 e. The van der Waals surface area contributed by atoms with Crippen molar-refractivity contribution in [3.63, 3.8) is 0 Å². The van der Waals surface area contributed by atoms with E-state index in [-0.39, 0.29) is 0 Å². The molecule has 1 heteroatoms. The summed E-state index contributed by atoms with van der Waals surface area (Å²) in [7, 11) is 4.38. The Morgan fingerprint density at radius 3 is 2.53 bits per heavy atom. The van der Waals surface area contributed by atoms with E-state index in [0.29, 0.717) is 17.9 Å². The number of rotatable bonds is 5. The molecule has 17 heavy (non-hydrogen) atoms. The molecule has 2 unspecified atom stereocenters. The van der Waals surface area contributed by atoms with E-state index in [1.54, 1.807) is 0 Å². The number of hydrogen-bond donors (Lipinski definition) is 0. The molecule has 0 saturated heterocycles. The fourth-order valence-corrected chi connectivity index (χ4v) is 2.76. The van der Waals surface area contributed by atoms with Gasteiger partial charge >= 0.3 is 0 Å². The average Bonchev–Trinajstić information content (AvgIpc) is 2.97. The van der Waals surface area contributed by atoms with Gasteiger partial charge in [0, 0.05) is 12.0 Å². The van der Waals surface area contributed by atoms with Crippen LogP contribution in [0.4, 0.5) is 0 Å². The summed E-state index contributed by atoms with van der Waals surface area (Å²) in [6.45, 7) is 2.35. The zero-order chi connectivity index (χ0) is 12.3. The van der Waals surface area contributed by atoms with Gasteiger partial charge in [0.15, 0.2) is 0 Å². The molecule has 0 N–H and O–H groups in total. The van der Waals surface area contributed by atoms with Gasteiger partial charge in [-0.15, -0.1) is 0 Å². The first-order chi connectivity index (χ1) is 8.18. The van der Waals surface area contributed by atoms with Crippen LogP contribution in [0.25, 0.3) is 0 Å². The van der Waals surface area contributed by atoms with E-state index in [2.05, 4.69) is 68.5 Å². The van der Waals surface area contributed by atoms with Crippen LogP contribution in [0, 0.1) is 11.8 Å². The summed E-state index contributed by atoms with van der Waals surface area (Å²) >= 11 is 0. The lowest BCUT2D eigenvalue weighted by Crippen LogP contribution is -2.35. The second kappa shape index (κ2) is 5.50. The van der Waals surface area contributed by atoms with E-state index >= 15 is 0 Å². The lowest BCUT2D eigenvalue weighted by atomic mass is 9.87. The van der Waals surface area contributed by atoms with Crippen molar-refractivity contribution in [2.24, 2.45) is 11.8 Å². The molecule has 0 heterocycles. The van der Waals surface area contributed by atoms with Crippen molar-refractivity contribution in [2.45, 2.75) is 25.8 Å². The molecule has 0 radical (unpaired) electrons. The standard InChI is InChI=1S/C16H23N/c1-13(14-8-4-5-9-14)12-16(17(2)3)15-10-6-7-11-15/h4,6-11,13,15-16H,5,12H2,1-3H3. The van der Waals surface area contributed by atoms with Gasteiger partial charge in [0.25, 0.3) is 0 Å². The third kappa shape index (κ3) is 2.98. The third-order valence-corrected chi connectivity index (χ3v) is 3.85. The van der Waals surface area contributed by atoms with Gasteiger partial charge in [0.1, 0.15) is 0 Å². The van der Waals surface area contributed by atoms with Crippen LogP contribution in [0.15, 0.2) is 48.1 Å². The van der Waals surface area contributed by atoms with E-state index in [9.17, 15) is 0 Å². The number of hydrogen-bond acceptors (Lipinski definition) is 1. The second-order valence-electron chi connectivity index (χ2n) is 5.36. The van der Waals surface area contributed by atoms with Crippen LogP contribution in [0.2, 0.25) is 0 Å². The summed E-state index contributed by atoms with van der Waals surface area (Å²) in [6.07, 6.45) is 18.2. The summed E-state index contributed by atoms with van der Waals surface area (Å²) in [4.78, 5) is 2.36. The molecule has 2 aliphatic carbocycles. The topological polar surface area (TPSA) is 3.24 Å². The van der Waals surface area contributed by atoms with Gasteiger partial charge in [-0.25, -0.2) is 0 Å². The predicted molar refractivity (Wildman–Crippen MR) is 74.9 cm³/mol. The summed E-state index contributed by atoms with van der Waals surface area (Å²) in [6, 6.07) is 0.606. The average molecular weight is 229 g/mol. The number of allylic oxidation sites excluding steroid dienone is 6. The summed E-state index contributed by atoms with van der Waals surface area (Å²) in [5.41, 5.74) is 1.52. The molecule has 0 bridgehead atoms. The molecular formula is C16H23N. The maximum atomic E-state index is 2.36. The van der Waals surface area contributed by atoms with E-state index < -0.39 is 0 Å². The molecule has 0 amide bonds. The Balaban J connectivity index is 2.00. The normalized spacial score (nSPS) is 22.5. The van der Waals surface area contributed by atoms with Crippen molar-refractivity contribution in [2.75, 3.05) is 14.1 Å². The molecular weight excluding hydrogens is 206 g/mol. The van der Waals surface area contributed by atoms with Crippen LogP contribution < -0.4 is 0 Å². The van der Waals surface area contributed by atoms with Crippen LogP contribution in [0.1, 0.15) is 19.8 Å². The SMILES string of the molecule is CC(CC(C1C=CC=C1)N(C)C)C1=CCC=C1. The molecule has 0 aromatic heterocycles. The van der Waals surface area contributed by atoms with Crippen molar-refractivity contribution >= 4 is 0 Å². The van der Waals surface area contributed by atoms with Crippen LogP contribution in [-0.2, 0) is 0 Å². The number of nitrogens with zero attached hydrogens (tertiary/aromatic N) is 1. The van der Waals surface area contributed by atoms with E-state index in [4.69, 9.17) is 0 Å². The lowest BCUT2D eigenvalue weighted by Gasteiger charge is -2.30. The molecule has 0 aromatic carbocycles. The fraction of sp³-hybridized carbons (Fsp3) is 0.500.